The Morgan fingerprint density at radius 3 is 1.98 bits per heavy atom. The van der Waals surface area contributed by atoms with Crippen LogP contribution in [0.2, 0.25) is 0 Å². The Labute approximate surface area is 355 Å². The van der Waals surface area contributed by atoms with Crippen LogP contribution < -0.4 is 37.3 Å². The van der Waals surface area contributed by atoms with Crippen LogP contribution in [0, 0.1) is 13.8 Å². The fraction of sp³-hybridized carbons (Fsp3) is 0.366. The number of hydrogen-bond donors (Lipinski definition) is 5. The Kier molecular flexibility index (Phi) is 12.5. The first-order valence-corrected chi connectivity index (χ1v) is 20.1. The van der Waals surface area contributed by atoms with Gasteiger partial charge in [-0.1, -0.05) is 12.2 Å². The Morgan fingerprint density at radius 1 is 0.823 bits per heavy atom. The molecule has 4 amide bonds. The van der Waals surface area contributed by atoms with E-state index in [-0.39, 0.29) is 54.1 Å². The van der Waals surface area contributed by atoms with Gasteiger partial charge in [-0.3, -0.25) is 44.1 Å². The molecule has 0 radical (unpaired) electrons. The smallest absolute Gasteiger partial charge is 0.278 e. The van der Waals surface area contributed by atoms with Crippen molar-refractivity contribution in [3.05, 3.63) is 76.4 Å². The Morgan fingerprint density at radius 2 is 1.42 bits per heavy atom. The summed E-state index contributed by atoms with van der Waals surface area (Å²) in [6.07, 6.45) is 4.57. The molecule has 0 aliphatic carbocycles. The van der Waals surface area contributed by atoms with Gasteiger partial charge in [0.1, 0.15) is 40.5 Å². The van der Waals surface area contributed by atoms with Crippen LogP contribution in [0.4, 0.5) is 17.6 Å². The molecule has 2 aromatic carbocycles. The summed E-state index contributed by atoms with van der Waals surface area (Å²) in [4.78, 5) is 64.0. The number of amides is 4. The van der Waals surface area contributed by atoms with E-state index in [4.69, 9.17) is 36.4 Å². The molecule has 21 nitrogen and oxygen atoms in total. The highest BCUT2D eigenvalue weighted by atomic mass is 16.5. The number of hydrogen-bond acceptors (Lipinski definition) is 13. The Balaban J connectivity index is 1.27. The fourth-order valence-corrected chi connectivity index (χ4v) is 7.39. The standard InChI is InChI=1S/C41H50N14O7/c1-6-54-29(17-23(3)49-54)38(58)47-40-46-28-19-26(37(44)57)21-31(62-16-14-51-11-10-15-61-22-51)34(28)53(40)13-9-8-12-52-33-27(18-25(36(43)56)20-30(33)60-5)45-41(52)48-39(59)35-32(42)24(4)50-55(35)7-2/h8-9,17-21H,6-7,10-16,22,42H2,1-5H3,(H2,43,56)(H2,44,57)(H,45,48,59)(H,46,47,58)/b9-8+. The summed E-state index contributed by atoms with van der Waals surface area (Å²) in [5.41, 5.74) is 21.6. The van der Waals surface area contributed by atoms with Gasteiger partial charge in [0.05, 0.1) is 41.9 Å². The summed E-state index contributed by atoms with van der Waals surface area (Å²) >= 11 is 0. The lowest BCUT2D eigenvalue weighted by Gasteiger charge is -2.26. The number of nitrogens with two attached hydrogens (primary N) is 3. The number of allylic oxidation sites excluding steroid dienone is 2. The molecule has 1 fully saturated rings. The minimum atomic E-state index is -0.683. The van der Waals surface area contributed by atoms with Crippen molar-refractivity contribution in [2.75, 3.05) is 56.5 Å². The van der Waals surface area contributed by atoms with E-state index >= 15 is 0 Å². The van der Waals surface area contributed by atoms with Gasteiger partial charge in [-0.2, -0.15) is 10.2 Å². The van der Waals surface area contributed by atoms with Crippen molar-refractivity contribution in [1.29, 1.82) is 0 Å². The van der Waals surface area contributed by atoms with Crippen LogP contribution >= 0.6 is 0 Å². The average Bonchev–Trinajstić information content (AvgIpc) is 4.00. The molecule has 0 atom stereocenters. The van der Waals surface area contributed by atoms with E-state index in [1.165, 1.54) is 23.9 Å². The molecule has 1 aliphatic rings. The van der Waals surface area contributed by atoms with E-state index in [0.29, 0.717) is 83.6 Å². The third-order valence-corrected chi connectivity index (χ3v) is 10.4. The Bertz CT molecular complexity index is 2720. The summed E-state index contributed by atoms with van der Waals surface area (Å²) in [6.45, 7) is 11.3. The van der Waals surface area contributed by atoms with E-state index < -0.39 is 23.6 Å². The van der Waals surface area contributed by atoms with Crippen molar-refractivity contribution in [2.45, 2.75) is 60.3 Å². The summed E-state index contributed by atoms with van der Waals surface area (Å²) in [7, 11) is 1.45. The molecule has 326 valence electrons. The van der Waals surface area contributed by atoms with Crippen molar-refractivity contribution >= 4 is 63.3 Å². The maximum absolute atomic E-state index is 13.8. The zero-order valence-corrected chi connectivity index (χ0v) is 35.2. The van der Waals surface area contributed by atoms with E-state index in [0.717, 1.165) is 13.0 Å². The normalized spacial score (nSPS) is 13.3. The molecule has 5 heterocycles. The minimum absolute atomic E-state index is 0.133. The van der Waals surface area contributed by atoms with Crippen LogP contribution in [0.5, 0.6) is 11.5 Å². The second kappa shape index (κ2) is 18.2. The number of anilines is 3. The number of ether oxygens (including phenoxy) is 3. The molecule has 0 unspecified atom stereocenters. The van der Waals surface area contributed by atoms with Crippen LogP contribution in [-0.2, 0) is 30.9 Å². The van der Waals surface area contributed by atoms with Gasteiger partial charge in [0.2, 0.25) is 23.7 Å². The van der Waals surface area contributed by atoms with Crippen LogP contribution in [0.3, 0.4) is 0 Å². The maximum atomic E-state index is 13.8. The number of benzene rings is 2. The molecule has 8 N–H and O–H groups in total. The fourth-order valence-electron chi connectivity index (χ4n) is 7.39. The van der Waals surface area contributed by atoms with Crippen LogP contribution in [0.15, 0.2) is 42.5 Å². The second-order valence-electron chi connectivity index (χ2n) is 14.6. The minimum Gasteiger partial charge on any atom is -0.494 e. The summed E-state index contributed by atoms with van der Waals surface area (Å²) in [6, 6.07) is 7.83. The summed E-state index contributed by atoms with van der Waals surface area (Å²) in [5, 5.41) is 14.6. The first kappa shape index (κ1) is 42.8. The molecule has 0 bridgehead atoms. The molecule has 7 rings (SSSR count). The third kappa shape index (κ3) is 8.65. The van der Waals surface area contributed by atoms with Crippen molar-refractivity contribution < 1.29 is 33.4 Å². The number of methoxy groups -OCH3 is 1. The number of aromatic nitrogens is 8. The maximum Gasteiger partial charge on any atom is 0.278 e. The monoisotopic (exact) mass is 850 g/mol. The number of rotatable bonds is 17. The van der Waals surface area contributed by atoms with E-state index in [9.17, 15) is 19.2 Å². The van der Waals surface area contributed by atoms with Gasteiger partial charge in [0, 0.05) is 57.0 Å². The molecule has 4 aromatic heterocycles. The third-order valence-electron chi connectivity index (χ3n) is 10.4. The zero-order chi connectivity index (χ0) is 44.2. The predicted molar refractivity (Wildman–Crippen MR) is 230 cm³/mol. The molecule has 1 saturated heterocycles. The van der Waals surface area contributed by atoms with Crippen LogP contribution in [0.1, 0.15) is 73.3 Å². The predicted octanol–water partition coefficient (Wildman–Crippen LogP) is 3.04. The summed E-state index contributed by atoms with van der Waals surface area (Å²) < 4.78 is 24.2. The molecular weight excluding hydrogens is 801 g/mol. The number of nitrogens with zero attached hydrogens (tertiary/aromatic N) is 9. The van der Waals surface area contributed by atoms with Gasteiger partial charge >= 0.3 is 0 Å². The van der Waals surface area contributed by atoms with E-state index in [2.05, 4.69) is 30.7 Å². The van der Waals surface area contributed by atoms with Crippen molar-refractivity contribution in [3.63, 3.8) is 0 Å². The van der Waals surface area contributed by atoms with Gasteiger partial charge in [-0.25, -0.2) is 9.97 Å². The van der Waals surface area contributed by atoms with Gasteiger partial charge in [0.25, 0.3) is 11.8 Å². The quantitative estimate of drug-likeness (QED) is 0.0827. The average molecular weight is 851 g/mol. The highest BCUT2D eigenvalue weighted by molar-refractivity contribution is 6.07. The number of fused-ring (bicyclic) bond motifs is 2. The van der Waals surface area contributed by atoms with Gasteiger partial charge in [-0.05, 0) is 64.4 Å². The largest absolute Gasteiger partial charge is 0.494 e. The van der Waals surface area contributed by atoms with Crippen molar-refractivity contribution in [1.82, 2.24) is 43.6 Å². The first-order valence-electron chi connectivity index (χ1n) is 20.1. The second-order valence-corrected chi connectivity index (χ2v) is 14.6. The number of carbonyl (C=O) groups is 4. The van der Waals surface area contributed by atoms with E-state index in [1.807, 2.05) is 26.0 Å². The number of carbonyl (C=O) groups excluding carboxylic acids is 4. The molecule has 62 heavy (non-hydrogen) atoms. The lowest BCUT2D eigenvalue weighted by Crippen LogP contribution is -2.36. The lowest BCUT2D eigenvalue weighted by molar-refractivity contribution is -0.0180. The SMILES string of the molecule is CCn1nc(C)cc1C(=O)Nc1nc2cc(C(N)=O)cc(OCCN3CCCOC3)c2n1C/C=C/Cn1c(NC(=O)c2c(N)c(C)nn2CC)nc2cc(C(N)=O)cc(OC)c21. The number of nitrogen functional groups attached to an aromatic ring is 1. The Hall–Kier alpha value is -7.26. The lowest BCUT2D eigenvalue weighted by atomic mass is 10.1. The highest BCUT2D eigenvalue weighted by Crippen LogP contribution is 2.33. The van der Waals surface area contributed by atoms with E-state index in [1.54, 1.807) is 45.9 Å². The van der Waals surface area contributed by atoms with Gasteiger partial charge in [0.15, 0.2) is 0 Å². The van der Waals surface area contributed by atoms with Crippen LogP contribution in [-0.4, -0.2) is 107 Å². The molecule has 21 heteroatoms. The first-order chi connectivity index (χ1) is 29.8. The number of primary amides is 2. The molecule has 6 aromatic rings. The molecule has 0 spiro atoms. The van der Waals surface area contributed by atoms with Crippen LogP contribution in [0.25, 0.3) is 22.1 Å². The van der Waals surface area contributed by atoms with Gasteiger partial charge < -0.3 is 40.5 Å². The summed E-state index contributed by atoms with van der Waals surface area (Å²) in [5.74, 6) is -1.40. The molecule has 1 aliphatic heterocycles. The topological polar surface area (TPSA) is 273 Å². The highest BCUT2D eigenvalue weighted by Gasteiger charge is 2.25. The molecule has 0 saturated carbocycles. The van der Waals surface area contributed by atoms with Crippen molar-refractivity contribution in [3.8, 4) is 11.5 Å². The number of aryl methyl sites for hydroxylation is 4. The molecular formula is C41H50N14O7. The number of imidazole rings is 2. The van der Waals surface area contributed by atoms with Gasteiger partial charge in [-0.15, -0.1) is 0 Å². The zero-order valence-electron chi connectivity index (χ0n) is 35.2. The number of nitrogens with one attached hydrogen (secondary N) is 2. The van der Waals surface area contributed by atoms with Crippen molar-refractivity contribution in [2.24, 2.45) is 11.5 Å².